The Labute approximate surface area is 165 Å². The van der Waals surface area contributed by atoms with E-state index in [1.807, 2.05) is 24.3 Å². The molecule has 0 spiro atoms. The number of fused-ring (bicyclic) bond motifs is 1. The maximum Gasteiger partial charge on any atom is 0.259 e. The third-order valence-electron chi connectivity index (χ3n) is 4.12. The number of methoxy groups -OCH3 is 1. The van der Waals surface area contributed by atoms with E-state index in [0.29, 0.717) is 29.1 Å². The first kappa shape index (κ1) is 18.9. The van der Waals surface area contributed by atoms with Crippen molar-refractivity contribution in [3.63, 3.8) is 0 Å². The van der Waals surface area contributed by atoms with Crippen LogP contribution in [0.25, 0.3) is 10.8 Å². The second-order valence-corrected chi connectivity index (χ2v) is 6.72. The van der Waals surface area contributed by atoms with Gasteiger partial charge in [-0.1, -0.05) is 37.3 Å². The fourth-order valence-corrected chi connectivity index (χ4v) is 3.51. The summed E-state index contributed by atoms with van der Waals surface area (Å²) in [7, 11) is 1.53. The van der Waals surface area contributed by atoms with E-state index in [-0.39, 0.29) is 11.8 Å². The Morgan fingerprint density at radius 2 is 1.70 bits per heavy atom. The minimum Gasteiger partial charge on any atom is -0.495 e. The summed E-state index contributed by atoms with van der Waals surface area (Å²) in [4.78, 5) is 24.4. The van der Waals surface area contributed by atoms with E-state index in [9.17, 15) is 9.59 Å². The van der Waals surface area contributed by atoms with E-state index < -0.39 is 0 Å². The lowest BCUT2D eigenvalue weighted by Crippen LogP contribution is -2.14. The molecule has 0 saturated heterocycles. The smallest absolute Gasteiger partial charge is 0.259 e. The van der Waals surface area contributed by atoms with E-state index in [0.717, 1.165) is 15.2 Å². The molecule has 2 N–H and O–H groups in total. The van der Waals surface area contributed by atoms with Crippen molar-refractivity contribution in [3.8, 4) is 5.75 Å². The molecule has 5 nitrogen and oxygen atoms in total. The summed E-state index contributed by atoms with van der Waals surface area (Å²) in [6.07, 6.45) is 0.388. The number of hydrogen-bond acceptors (Lipinski definition) is 3. The Morgan fingerprint density at radius 1 is 1.00 bits per heavy atom. The van der Waals surface area contributed by atoms with Crippen molar-refractivity contribution in [2.45, 2.75) is 13.3 Å². The van der Waals surface area contributed by atoms with E-state index >= 15 is 0 Å². The largest absolute Gasteiger partial charge is 0.495 e. The topological polar surface area (TPSA) is 67.4 Å². The number of carbonyl (C=O) groups is 2. The summed E-state index contributed by atoms with van der Waals surface area (Å²) in [5.74, 6) is 0.0949. The Bertz CT molecular complexity index is 1020. The number of halogens is 1. The summed E-state index contributed by atoms with van der Waals surface area (Å²) in [5, 5.41) is 7.54. The van der Waals surface area contributed by atoms with Gasteiger partial charge in [-0.15, -0.1) is 0 Å². The van der Waals surface area contributed by atoms with Gasteiger partial charge in [0.2, 0.25) is 5.91 Å². The van der Waals surface area contributed by atoms with Gasteiger partial charge in [-0.05, 0) is 51.0 Å². The predicted octanol–water partition coefficient (Wildman–Crippen LogP) is 5.21. The van der Waals surface area contributed by atoms with Gasteiger partial charge in [0.05, 0.1) is 17.1 Å². The Kier molecular flexibility index (Phi) is 5.76. The molecule has 3 aromatic rings. The zero-order valence-electron chi connectivity index (χ0n) is 15.0. The second-order valence-electron chi connectivity index (χ2n) is 5.93. The molecule has 0 heterocycles. The minimum atomic E-state index is -0.294. The number of nitrogens with one attached hydrogen (secondary N) is 2. The van der Waals surface area contributed by atoms with E-state index in [4.69, 9.17) is 4.74 Å². The summed E-state index contributed by atoms with van der Waals surface area (Å²) < 4.78 is 6.20. The lowest BCUT2D eigenvalue weighted by Gasteiger charge is -2.14. The first-order chi connectivity index (χ1) is 13.0. The molecule has 0 aromatic heterocycles. The molecule has 0 radical (unpaired) electrons. The summed E-state index contributed by atoms with van der Waals surface area (Å²) in [6.45, 7) is 1.78. The lowest BCUT2D eigenvalue weighted by molar-refractivity contribution is -0.115. The number of anilines is 2. The molecule has 0 aliphatic carbocycles. The van der Waals surface area contributed by atoms with Gasteiger partial charge in [-0.3, -0.25) is 9.59 Å². The molecule has 3 rings (SSSR count). The molecule has 0 fully saturated rings. The van der Waals surface area contributed by atoms with Gasteiger partial charge in [-0.25, -0.2) is 0 Å². The molecule has 0 aliphatic rings. The SMILES string of the molecule is CCC(=O)Nc1cccc(NC(=O)c2cc3ccccc3c(Br)c2OC)c1. The number of amides is 2. The molecule has 0 unspecified atom stereocenters. The van der Waals surface area contributed by atoms with Crippen LogP contribution >= 0.6 is 15.9 Å². The fourth-order valence-electron chi connectivity index (χ4n) is 2.78. The molecule has 138 valence electrons. The molecule has 2 amide bonds. The van der Waals surface area contributed by atoms with Crippen molar-refractivity contribution in [1.29, 1.82) is 0 Å². The van der Waals surface area contributed by atoms with Crippen LogP contribution in [0.1, 0.15) is 23.7 Å². The Balaban J connectivity index is 1.93. The third-order valence-corrected chi connectivity index (χ3v) is 4.90. The van der Waals surface area contributed by atoms with E-state index in [2.05, 4.69) is 26.6 Å². The van der Waals surface area contributed by atoms with Crippen molar-refractivity contribution >= 4 is 49.9 Å². The monoisotopic (exact) mass is 426 g/mol. The van der Waals surface area contributed by atoms with Crippen LogP contribution in [0.4, 0.5) is 11.4 Å². The summed E-state index contributed by atoms with van der Waals surface area (Å²) in [6, 6.07) is 16.6. The molecular weight excluding hydrogens is 408 g/mol. The molecule has 3 aromatic carbocycles. The fraction of sp³-hybridized carbons (Fsp3) is 0.143. The Hall–Kier alpha value is -2.86. The lowest BCUT2D eigenvalue weighted by atomic mass is 10.0. The van der Waals surface area contributed by atoms with E-state index in [1.165, 1.54) is 7.11 Å². The maximum atomic E-state index is 12.9. The van der Waals surface area contributed by atoms with Crippen molar-refractivity contribution in [2.75, 3.05) is 17.7 Å². The van der Waals surface area contributed by atoms with Crippen LogP contribution in [-0.2, 0) is 4.79 Å². The van der Waals surface area contributed by atoms with Gasteiger partial charge in [-0.2, -0.15) is 0 Å². The third kappa shape index (κ3) is 4.11. The average molecular weight is 427 g/mol. The quantitative estimate of drug-likeness (QED) is 0.587. The normalized spacial score (nSPS) is 10.5. The maximum absolute atomic E-state index is 12.9. The highest BCUT2D eigenvalue weighted by Gasteiger charge is 2.18. The predicted molar refractivity (Wildman–Crippen MR) is 112 cm³/mol. The van der Waals surface area contributed by atoms with E-state index in [1.54, 1.807) is 37.3 Å². The number of hydrogen-bond donors (Lipinski definition) is 2. The van der Waals surface area contributed by atoms with Crippen LogP contribution in [0.2, 0.25) is 0 Å². The molecule has 0 atom stereocenters. The van der Waals surface area contributed by atoms with Crippen molar-refractivity contribution in [3.05, 3.63) is 64.6 Å². The highest BCUT2D eigenvalue weighted by atomic mass is 79.9. The van der Waals surface area contributed by atoms with Crippen molar-refractivity contribution < 1.29 is 14.3 Å². The van der Waals surface area contributed by atoms with Gasteiger partial charge in [0, 0.05) is 17.8 Å². The molecule has 0 bridgehead atoms. The number of carbonyl (C=O) groups excluding carboxylic acids is 2. The Morgan fingerprint density at radius 3 is 2.41 bits per heavy atom. The van der Waals surface area contributed by atoms with Crippen LogP contribution in [-0.4, -0.2) is 18.9 Å². The van der Waals surface area contributed by atoms with Gasteiger partial charge in [0.15, 0.2) is 0 Å². The van der Waals surface area contributed by atoms with Crippen LogP contribution in [0.3, 0.4) is 0 Å². The minimum absolute atomic E-state index is 0.0846. The molecule has 0 saturated carbocycles. The molecule has 6 heteroatoms. The second kappa shape index (κ2) is 8.22. The van der Waals surface area contributed by atoms with Crippen LogP contribution in [0.5, 0.6) is 5.75 Å². The summed E-state index contributed by atoms with van der Waals surface area (Å²) in [5.41, 5.74) is 1.64. The molecular formula is C21H19BrN2O3. The van der Waals surface area contributed by atoms with Gasteiger partial charge < -0.3 is 15.4 Å². The van der Waals surface area contributed by atoms with Crippen LogP contribution in [0, 0.1) is 0 Å². The van der Waals surface area contributed by atoms with Gasteiger partial charge in [0.25, 0.3) is 5.91 Å². The first-order valence-electron chi connectivity index (χ1n) is 8.50. The van der Waals surface area contributed by atoms with Crippen molar-refractivity contribution in [1.82, 2.24) is 0 Å². The number of rotatable bonds is 5. The highest BCUT2D eigenvalue weighted by Crippen LogP contribution is 2.37. The zero-order valence-corrected chi connectivity index (χ0v) is 16.6. The van der Waals surface area contributed by atoms with Crippen LogP contribution < -0.4 is 15.4 Å². The zero-order chi connectivity index (χ0) is 19.4. The van der Waals surface area contributed by atoms with Gasteiger partial charge >= 0.3 is 0 Å². The van der Waals surface area contributed by atoms with Crippen LogP contribution in [0.15, 0.2) is 59.1 Å². The first-order valence-corrected chi connectivity index (χ1v) is 9.29. The average Bonchev–Trinajstić information content (AvgIpc) is 2.68. The summed E-state index contributed by atoms with van der Waals surface area (Å²) >= 11 is 3.54. The standard InChI is InChI=1S/C21H19BrN2O3/c1-3-18(25)23-14-8-6-9-15(12-14)24-21(26)17-11-13-7-4-5-10-16(13)19(22)20(17)27-2/h4-12H,3H2,1-2H3,(H,23,25)(H,24,26). The number of benzene rings is 3. The van der Waals surface area contributed by atoms with Crippen molar-refractivity contribution in [2.24, 2.45) is 0 Å². The number of ether oxygens (including phenoxy) is 1. The van der Waals surface area contributed by atoms with Gasteiger partial charge in [0.1, 0.15) is 5.75 Å². The molecule has 27 heavy (non-hydrogen) atoms. The molecule has 0 aliphatic heterocycles. The highest BCUT2D eigenvalue weighted by molar-refractivity contribution is 9.10.